The van der Waals surface area contributed by atoms with E-state index in [1.807, 2.05) is 6.92 Å². The van der Waals surface area contributed by atoms with Gasteiger partial charge in [0.15, 0.2) is 0 Å². The number of nitrogens with two attached hydrogens (primary N) is 3. The second-order valence-corrected chi connectivity index (χ2v) is 5.59. The standard InChI is InChI=1S/C18H19F3N4O/c1-2-7-25-18(26)17(24)16(23)10-4-6-13(21)14(15(10)22)11-8-9(19)3-5-12(11)20/h3-6,8H,2,7,22-24H2,1H3,(H,25,26)/b17-16+. The Hall–Kier alpha value is -3.16. The minimum absolute atomic E-state index is 0.0502. The Balaban J connectivity index is 2.60. The summed E-state index contributed by atoms with van der Waals surface area (Å²) in [6, 6.07) is 4.81. The number of rotatable bonds is 5. The van der Waals surface area contributed by atoms with E-state index >= 15 is 0 Å². The summed E-state index contributed by atoms with van der Waals surface area (Å²) in [5.41, 5.74) is 16.2. The largest absolute Gasteiger partial charge is 0.398 e. The van der Waals surface area contributed by atoms with E-state index in [0.29, 0.717) is 13.0 Å². The Kier molecular flexibility index (Phi) is 5.76. The molecule has 2 aromatic carbocycles. The zero-order valence-electron chi connectivity index (χ0n) is 14.1. The van der Waals surface area contributed by atoms with Crippen LogP contribution in [0.2, 0.25) is 0 Å². The van der Waals surface area contributed by atoms with E-state index in [9.17, 15) is 18.0 Å². The Bertz CT molecular complexity index is 881. The van der Waals surface area contributed by atoms with Gasteiger partial charge in [0.25, 0.3) is 5.91 Å². The number of amides is 1. The predicted molar refractivity (Wildman–Crippen MR) is 94.8 cm³/mol. The van der Waals surface area contributed by atoms with Gasteiger partial charge in [-0.05, 0) is 36.8 Å². The number of anilines is 1. The molecule has 1 amide bonds. The summed E-state index contributed by atoms with van der Waals surface area (Å²) in [4.78, 5) is 12.0. The first-order chi connectivity index (χ1) is 12.3. The summed E-state index contributed by atoms with van der Waals surface area (Å²) < 4.78 is 41.8. The SMILES string of the molecule is CCCNC(=O)/C(N)=C(\N)c1ccc(F)c(-c2cc(F)ccc2F)c1N. The maximum Gasteiger partial charge on any atom is 0.269 e. The molecule has 0 fully saturated rings. The average molecular weight is 364 g/mol. The summed E-state index contributed by atoms with van der Waals surface area (Å²) in [6.45, 7) is 2.26. The number of carbonyl (C=O) groups is 1. The van der Waals surface area contributed by atoms with E-state index in [1.165, 1.54) is 6.07 Å². The molecule has 7 N–H and O–H groups in total. The Morgan fingerprint density at radius 2 is 1.73 bits per heavy atom. The van der Waals surface area contributed by atoms with Gasteiger partial charge in [-0.1, -0.05) is 6.92 Å². The first-order valence-corrected chi connectivity index (χ1v) is 7.85. The van der Waals surface area contributed by atoms with Gasteiger partial charge in [0, 0.05) is 23.2 Å². The van der Waals surface area contributed by atoms with Crippen molar-refractivity contribution in [2.45, 2.75) is 13.3 Å². The van der Waals surface area contributed by atoms with Crippen LogP contribution in [0.3, 0.4) is 0 Å². The van der Waals surface area contributed by atoms with Gasteiger partial charge >= 0.3 is 0 Å². The lowest BCUT2D eigenvalue weighted by Crippen LogP contribution is -2.31. The molecule has 0 aliphatic rings. The second kappa shape index (κ2) is 7.81. The first-order valence-electron chi connectivity index (χ1n) is 7.85. The molecule has 0 aliphatic heterocycles. The van der Waals surface area contributed by atoms with Crippen molar-refractivity contribution in [2.24, 2.45) is 11.5 Å². The molecule has 0 unspecified atom stereocenters. The van der Waals surface area contributed by atoms with Crippen molar-refractivity contribution >= 4 is 17.3 Å². The van der Waals surface area contributed by atoms with Gasteiger partial charge in [0.1, 0.15) is 23.1 Å². The minimum atomic E-state index is -0.863. The second-order valence-electron chi connectivity index (χ2n) is 5.59. The molecule has 2 rings (SSSR count). The van der Waals surface area contributed by atoms with E-state index in [-0.39, 0.29) is 33.8 Å². The molecule has 0 saturated heterocycles. The van der Waals surface area contributed by atoms with Gasteiger partial charge in [-0.15, -0.1) is 0 Å². The molecular formula is C18H19F3N4O. The molecule has 0 heterocycles. The van der Waals surface area contributed by atoms with Crippen LogP contribution in [-0.2, 0) is 4.79 Å². The van der Waals surface area contributed by atoms with Crippen LogP contribution in [0.15, 0.2) is 36.0 Å². The zero-order chi connectivity index (χ0) is 19.4. The Labute approximate surface area is 148 Å². The lowest BCUT2D eigenvalue weighted by atomic mass is 9.97. The zero-order valence-corrected chi connectivity index (χ0v) is 14.1. The number of nitrogen functional groups attached to an aromatic ring is 1. The molecule has 0 radical (unpaired) electrons. The average Bonchev–Trinajstić information content (AvgIpc) is 2.61. The van der Waals surface area contributed by atoms with E-state index in [1.54, 1.807) is 0 Å². The Morgan fingerprint density at radius 3 is 2.38 bits per heavy atom. The number of carbonyl (C=O) groups excluding carboxylic acids is 1. The van der Waals surface area contributed by atoms with E-state index < -0.39 is 23.4 Å². The lowest BCUT2D eigenvalue weighted by molar-refractivity contribution is -0.117. The highest BCUT2D eigenvalue weighted by Crippen LogP contribution is 2.35. The number of hydrogen-bond acceptors (Lipinski definition) is 4. The molecule has 0 aliphatic carbocycles. The maximum absolute atomic E-state index is 14.3. The van der Waals surface area contributed by atoms with Crippen LogP contribution in [0, 0.1) is 17.5 Å². The fourth-order valence-corrected chi connectivity index (χ4v) is 2.39. The third-order valence-corrected chi connectivity index (χ3v) is 3.75. The van der Waals surface area contributed by atoms with Crippen LogP contribution < -0.4 is 22.5 Å². The third-order valence-electron chi connectivity index (χ3n) is 3.75. The van der Waals surface area contributed by atoms with Crippen LogP contribution in [0.25, 0.3) is 16.8 Å². The van der Waals surface area contributed by atoms with E-state index in [0.717, 1.165) is 24.3 Å². The van der Waals surface area contributed by atoms with Crippen LogP contribution in [0.1, 0.15) is 18.9 Å². The number of halogens is 3. The lowest BCUT2D eigenvalue weighted by Gasteiger charge is -2.15. The number of nitrogens with one attached hydrogen (secondary N) is 1. The highest BCUT2D eigenvalue weighted by atomic mass is 19.1. The van der Waals surface area contributed by atoms with Crippen molar-refractivity contribution in [3.8, 4) is 11.1 Å². The van der Waals surface area contributed by atoms with Gasteiger partial charge in [0.05, 0.1) is 11.4 Å². The molecule has 2 aromatic rings. The van der Waals surface area contributed by atoms with Gasteiger partial charge in [-0.25, -0.2) is 13.2 Å². The van der Waals surface area contributed by atoms with Crippen molar-refractivity contribution in [2.75, 3.05) is 12.3 Å². The molecule has 5 nitrogen and oxygen atoms in total. The van der Waals surface area contributed by atoms with Gasteiger partial charge < -0.3 is 22.5 Å². The fourth-order valence-electron chi connectivity index (χ4n) is 2.39. The summed E-state index contributed by atoms with van der Waals surface area (Å²) in [6.07, 6.45) is 0.695. The molecule has 0 atom stereocenters. The molecule has 0 bridgehead atoms. The highest BCUT2D eigenvalue weighted by molar-refractivity contribution is 6.01. The molecule has 0 spiro atoms. The van der Waals surface area contributed by atoms with Gasteiger partial charge in [0.2, 0.25) is 0 Å². The van der Waals surface area contributed by atoms with Crippen molar-refractivity contribution in [1.82, 2.24) is 5.32 Å². The fraction of sp³-hybridized carbons (Fsp3) is 0.167. The molecule has 8 heteroatoms. The van der Waals surface area contributed by atoms with Crippen molar-refractivity contribution in [3.05, 3.63) is 59.0 Å². The highest BCUT2D eigenvalue weighted by Gasteiger charge is 2.20. The van der Waals surface area contributed by atoms with Crippen LogP contribution in [0.4, 0.5) is 18.9 Å². The smallest absolute Gasteiger partial charge is 0.269 e. The monoisotopic (exact) mass is 364 g/mol. The molecular weight excluding hydrogens is 345 g/mol. The minimum Gasteiger partial charge on any atom is -0.398 e. The topological polar surface area (TPSA) is 107 Å². The molecule has 26 heavy (non-hydrogen) atoms. The molecule has 0 saturated carbocycles. The van der Waals surface area contributed by atoms with Crippen molar-refractivity contribution in [3.63, 3.8) is 0 Å². The quantitative estimate of drug-likeness (QED) is 0.483. The summed E-state index contributed by atoms with van der Waals surface area (Å²) in [5.74, 6) is -3.08. The first kappa shape index (κ1) is 19.2. The predicted octanol–water partition coefficient (Wildman–Crippen LogP) is 2.47. The van der Waals surface area contributed by atoms with Crippen molar-refractivity contribution < 1.29 is 18.0 Å². The normalized spacial score (nSPS) is 11.8. The third kappa shape index (κ3) is 3.74. The number of hydrogen-bond donors (Lipinski definition) is 4. The molecule has 0 aromatic heterocycles. The summed E-state index contributed by atoms with van der Waals surface area (Å²) in [5, 5.41) is 2.55. The number of benzene rings is 2. The van der Waals surface area contributed by atoms with Gasteiger partial charge in [-0.2, -0.15) is 0 Å². The molecule has 138 valence electrons. The van der Waals surface area contributed by atoms with Crippen molar-refractivity contribution in [1.29, 1.82) is 0 Å². The van der Waals surface area contributed by atoms with Crippen LogP contribution in [0.5, 0.6) is 0 Å². The van der Waals surface area contributed by atoms with E-state index in [2.05, 4.69) is 5.32 Å². The summed E-state index contributed by atoms with van der Waals surface area (Å²) >= 11 is 0. The van der Waals surface area contributed by atoms with Crippen LogP contribution in [-0.4, -0.2) is 12.5 Å². The maximum atomic E-state index is 14.3. The van der Waals surface area contributed by atoms with E-state index in [4.69, 9.17) is 17.2 Å². The van der Waals surface area contributed by atoms with Gasteiger partial charge in [-0.3, -0.25) is 4.79 Å². The Morgan fingerprint density at radius 1 is 1.08 bits per heavy atom. The summed E-state index contributed by atoms with van der Waals surface area (Å²) in [7, 11) is 0. The van der Waals surface area contributed by atoms with Crippen LogP contribution >= 0.6 is 0 Å².